The molecule has 4 rings (SSSR count). The number of imide groups is 1. The Morgan fingerprint density at radius 2 is 1.74 bits per heavy atom. The summed E-state index contributed by atoms with van der Waals surface area (Å²) < 4.78 is 38.2. The average Bonchev–Trinajstić information content (AvgIpc) is 3.49. The van der Waals surface area contributed by atoms with Crippen molar-refractivity contribution in [3.05, 3.63) is 76.5 Å². The summed E-state index contributed by atoms with van der Waals surface area (Å²) in [6, 6.07) is 14.0. The number of anilines is 1. The summed E-state index contributed by atoms with van der Waals surface area (Å²) in [7, 11) is -1.42. The van der Waals surface area contributed by atoms with Gasteiger partial charge in [-0.15, -0.1) is 11.3 Å². The fourth-order valence-electron chi connectivity index (χ4n) is 3.78. The van der Waals surface area contributed by atoms with Crippen molar-refractivity contribution in [1.29, 1.82) is 0 Å². The number of rotatable bonds is 8. The number of carbonyl (C=O) groups is 3. The predicted molar refractivity (Wildman–Crippen MR) is 129 cm³/mol. The van der Waals surface area contributed by atoms with Crippen LogP contribution in [0.15, 0.2) is 70.9 Å². The van der Waals surface area contributed by atoms with Gasteiger partial charge in [-0.25, -0.2) is 18.1 Å². The van der Waals surface area contributed by atoms with Crippen molar-refractivity contribution >= 4 is 44.8 Å². The third-order valence-corrected chi connectivity index (χ3v) is 8.30. The molecule has 2 aromatic carbocycles. The molecular weight excluding hydrogens is 492 g/mol. The summed E-state index contributed by atoms with van der Waals surface area (Å²) in [5, 5.41) is 1.81. The molecule has 1 aromatic heterocycles. The number of methoxy groups -OCH3 is 2. The third-order valence-electron chi connectivity index (χ3n) is 5.57. The van der Waals surface area contributed by atoms with Crippen molar-refractivity contribution in [3.63, 3.8) is 0 Å². The average molecular weight is 515 g/mol. The number of thiophene rings is 1. The zero-order chi connectivity index (χ0) is 25.2. The van der Waals surface area contributed by atoms with Gasteiger partial charge in [0.1, 0.15) is 11.8 Å². The summed E-state index contributed by atoms with van der Waals surface area (Å²) in [5.74, 6) is -1.26. The molecule has 35 heavy (non-hydrogen) atoms. The molecule has 0 saturated carbocycles. The molecule has 1 aliphatic rings. The molecule has 0 N–H and O–H groups in total. The minimum Gasteiger partial charge on any atom is -0.497 e. The zero-order valence-corrected chi connectivity index (χ0v) is 20.5. The molecule has 2 amide bonds. The largest absolute Gasteiger partial charge is 0.497 e. The molecule has 2 heterocycles. The number of esters is 1. The van der Waals surface area contributed by atoms with E-state index in [4.69, 9.17) is 4.74 Å². The van der Waals surface area contributed by atoms with Crippen molar-refractivity contribution in [2.45, 2.75) is 23.9 Å². The molecule has 1 unspecified atom stereocenters. The molecule has 1 atom stereocenters. The Kier molecular flexibility index (Phi) is 7.01. The summed E-state index contributed by atoms with van der Waals surface area (Å²) in [6.07, 6.45) is -0.307. The summed E-state index contributed by atoms with van der Waals surface area (Å²) in [4.78, 5) is 39.7. The van der Waals surface area contributed by atoms with Crippen LogP contribution < -0.4 is 9.64 Å². The van der Waals surface area contributed by atoms with E-state index in [2.05, 4.69) is 4.74 Å². The fourth-order valence-corrected chi connectivity index (χ4v) is 6.12. The minimum absolute atomic E-state index is 0.0176. The van der Waals surface area contributed by atoms with Gasteiger partial charge < -0.3 is 9.47 Å². The number of nitrogens with zero attached hydrogens (tertiary/aromatic N) is 2. The smallest absolute Gasteiger partial charge is 0.337 e. The van der Waals surface area contributed by atoms with Gasteiger partial charge in [-0.2, -0.15) is 4.31 Å². The molecule has 1 saturated heterocycles. The van der Waals surface area contributed by atoms with E-state index in [1.807, 2.05) is 5.38 Å². The standard InChI is InChI=1S/C24H22N2O7S2/c1-32-18-9-11-20(12-10-18)35(30,31)25(15-19-4-3-13-34-19)21-14-22(27)26(23(21)28)17-7-5-16(6-8-17)24(29)33-2/h3-13,21H,14-15H2,1-2H3. The number of hydrogen-bond donors (Lipinski definition) is 0. The molecule has 182 valence electrons. The highest BCUT2D eigenvalue weighted by molar-refractivity contribution is 7.89. The Hall–Kier alpha value is -3.54. The first-order valence-corrected chi connectivity index (χ1v) is 12.8. The number of sulfonamides is 1. The van der Waals surface area contributed by atoms with E-state index >= 15 is 0 Å². The van der Waals surface area contributed by atoms with E-state index < -0.39 is 33.8 Å². The van der Waals surface area contributed by atoms with E-state index in [0.717, 1.165) is 14.1 Å². The minimum atomic E-state index is -4.15. The highest BCUT2D eigenvalue weighted by Crippen LogP contribution is 2.32. The maximum atomic E-state index is 13.6. The topological polar surface area (TPSA) is 110 Å². The summed E-state index contributed by atoms with van der Waals surface area (Å²) in [6.45, 7) is -0.0646. The molecular formula is C24H22N2O7S2. The fraction of sp³-hybridized carbons (Fsp3) is 0.208. The van der Waals surface area contributed by atoms with Gasteiger partial charge >= 0.3 is 5.97 Å². The van der Waals surface area contributed by atoms with Gasteiger partial charge in [0, 0.05) is 11.4 Å². The normalized spacial score (nSPS) is 16.1. The second-order valence-electron chi connectivity index (χ2n) is 7.63. The van der Waals surface area contributed by atoms with Crippen molar-refractivity contribution in [2.24, 2.45) is 0 Å². The highest BCUT2D eigenvalue weighted by Gasteiger charge is 2.47. The first-order valence-electron chi connectivity index (χ1n) is 10.5. The second kappa shape index (κ2) is 9.98. The van der Waals surface area contributed by atoms with Gasteiger partial charge in [0.15, 0.2) is 0 Å². The Morgan fingerprint density at radius 1 is 1.06 bits per heavy atom. The maximum Gasteiger partial charge on any atom is 0.337 e. The first kappa shape index (κ1) is 24.6. The Balaban J connectivity index is 1.69. The number of benzene rings is 2. The van der Waals surface area contributed by atoms with Crippen molar-refractivity contribution in [3.8, 4) is 5.75 Å². The molecule has 0 aliphatic carbocycles. The van der Waals surface area contributed by atoms with Crippen LogP contribution in [0, 0.1) is 0 Å². The van der Waals surface area contributed by atoms with Crippen LogP contribution in [0.25, 0.3) is 0 Å². The van der Waals surface area contributed by atoms with Gasteiger partial charge in [-0.1, -0.05) is 6.07 Å². The third kappa shape index (κ3) is 4.83. The van der Waals surface area contributed by atoms with Crippen LogP contribution in [0.2, 0.25) is 0 Å². The quantitative estimate of drug-likeness (QED) is 0.336. The summed E-state index contributed by atoms with van der Waals surface area (Å²) >= 11 is 1.35. The highest BCUT2D eigenvalue weighted by atomic mass is 32.2. The SMILES string of the molecule is COC(=O)c1ccc(N2C(=O)CC(N(Cc3cccs3)S(=O)(=O)c3ccc(OC)cc3)C2=O)cc1. The lowest BCUT2D eigenvalue weighted by Gasteiger charge is -2.26. The molecule has 0 radical (unpaired) electrons. The van der Waals surface area contributed by atoms with E-state index in [-0.39, 0.29) is 29.1 Å². The summed E-state index contributed by atoms with van der Waals surface area (Å²) in [5.41, 5.74) is 0.501. The van der Waals surface area contributed by atoms with Gasteiger partial charge in [0.25, 0.3) is 5.91 Å². The van der Waals surface area contributed by atoms with Crippen LogP contribution in [0.3, 0.4) is 0 Å². The maximum absolute atomic E-state index is 13.6. The van der Waals surface area contributed by atoms with Gasteiger partial charge in [-0.3, -0.25) is 9.59 Å². The molecule has 3 aromatic rings. The van der Waals surface area contributed by atoms with E-state index in [1.165, 1.54) is 74.1 Å². The lowest BCUT2D eigenvalue weighted by Crippen LogP contribution is -2.44. The van der Waals surface area contributed by atoms with Gasteiger partial charge in [0.05, 0.1) is 36.8 Å². The number of carbonyl (C=O) groups excluding carboxylic acids is 3. The molecule has 0 bridgehead atoms. The van der Waals surface area contributed by atoms with Crippen LogP contribution in [-0.2, 0) is 30.9 Å². The van der Waals surface area contributed by atoms with Crippen LogP contribution >= 0.6 is 11.3 Å². The lowest BCUT2D eigenvalue weighted by atomic mass is 10.2. The molecule has 11 heteroatoms. The van der Waals surface area contributed by atoms with Crippen LogP contribution in [0.1, 0.15) is 21.7 Å². The molecule has 9 nitrogen and oxygen atoms in total. The predicted octanol–water partition coefficient (Wildman–Crippen LogP) is 3.07. The Morgan fingerprint density at radius 3 is 2.31 bits per heavy atom. The van der Waals surface area contributed by atoms with Crippen molar-refractivity contribution < 1.29 is 32.3 Å². The van der Waals surface area contributed by atoms with Gasteiger partial charge in [-0.05, 0) is 60.0 Å². The zero-order valence-electron chi connectivity index (χ0n) is 18.9. The number of ether oxygens (including phenoxy) is 2. The van der Waals surface area contributed by atoms with Crippen molar-refractivity contribution in [2.75, 3.05) is 19.1 Å². The van der Waals surface area contributed by atoms with Gasteiger partial charge in [0.2, 0.25) is 15.9 Å². The van der Waals surface area contributed by atoms with E-state index in [9.17, 15) is 22.8 Å². The second-order valence-corrected chi connectivity index (χ2v) is 10.6. The van der Waals surface area contributed by atoms with Crippen LogP contribution in [0.4, 0.5) is 5.69 Å². The van der Waals surface area contributed by atoms with Crippen molar-refractivity contribution in [1.82, 2.24) is 4.31 Å². The number of hydrogen-bond acceptors (Lipinski definition) is 8. The van der Waals surface area contributed by atoms with Crippen LogP contribution in [0.5, 0.6) is 5.75 Å². The lowest BCUT2D eigenvalue weighted by molar-refractivity contribution is -0.122. The Bertz CT molecular complexity index is 1340. The number of amides is 2. The molecule has 1 fully saturated rings. The van der Waals surface area contributed by atoms with E-state index in [1.54, 1.807) is 12.1 Å². The van der Waals surface area contributed by atoms with Crippen LogP contribution in [-0.4, -0.2) is 50.8 Å². The molecule has 1 aliphatic heterocycles. The Labute approximate surface area is 206 Å². The molecule has 0 spiro atoms. The monoisotopic (exact) mass is 514 g/mol. The van der Waals surface area contributed by atoms with E-state index in [0.29, 0.717) is 5.75 Å². The first-order chi connectivity index (χ1) is 16.8.